The average molecular weight is 221 g/mol. The molecule has 2 heterocycles. The fraction of sp³-hybridized carbons (Fsp3) is 0.100. The van der Waals surface area contributed by atoms with E-state index in [0.717, 1.165) is 6.07 Å². The monoisotopic (exact) mass is 221 g/mol. The maximum Gasteiger partial charge on any atom is 0.294 e. The van der Waals surface area contributed by atoms with Gasteiger partial charge < -0.3 is 9.84 Å². The summed E-state index contributed by atoms with van der Waals surface area (Å²) in [5.41, 5.74) is 1.02. The molecule has 0 saturated carbocycles. The number of aromatic nitrogens is 2. The topological polar surface area (TPSA) is 68.0 Å². The van der Waals surface area contributed by atoms with Gasteiger partial charge in [0.2, 0.25) is 11.7 Å². The number of pyridine rings is 1. The van der Waals surface area contributed by atoms with Crippen molar-refractivity contribution in [2.75, 3.05) is 5.32 Å². The Kier molecular flexibility index (Phi) is 2.63. The highest BCUT2D eigenvalue weighted by molar-refractivity contribution is 6.02. The van der Waals surface area contributed by atoms with Gasteiger partial charge >= 0.3 is 0 Å². The molecule has 2 aromatic rings. The Morgan fingerprint density at radius 2 is 2.25 bits per heavy atom. The Morgan fingerprint density at radius 3 is 2.81 bits per heavy atom. The van der Waals surface area contributed by atoms with Crippen molar-refractivity contribution in [1.29, 1.82) is 0 Å². The van der Waals surface area contributed by atoms with Gasteiger partial charge in [0.1, 0.15) is 0 Å². The standard InChI is InChI=1S/C10H8FN3O2/c1-6-4-13-16-9(6)10(15)14-7-2-3-8(11)12-5-7/h2-5H,1H3,(H,14,15). The highest BCUT2D eigenvalue weighted by Crippen LogP contribution is 2.10. The van der Waals surface area contributed by atoms with Crippen LogP contribution < -0.4 is 5.32 Å². The Labute approximate surface area is 90.3 Å². The number of carbonyl (C=O) groups is 1. The maximum atomic E-state index is 12.5. The summed E-state index contributed by atoms with van der Waals surface area (Å²) < 4.78 is 17.3. The molecule has 0 aliphatic carbocycles. The third kappa shape index (κ3) is 2.05. The van der Waals surface area contributed by atoms with Crippen molar-refractivity contribution in [3.8, 4) is 0 Å². The quantitative estimate of drug-likeness (QED) is 0.784. The summed E-state index contributed by atoms with van der Waals surface area (Å²) in [4.78, 5) is 15.0. The second-order valence-corrected chi connectivity index (χ2v) is 3.16. The largest absolute Gasteiger partial charge is 0.351 e. The van der Waals surface area contributed by atoms with Gasteiger partial charge in [0, 0.05) is 5.56 Å². The molecule has 5 nitrogen and oxygen atoms in total. The lowest BCUT2D eigenvalue weighted by molar-refractivity contribution is 0.0987. The normalized spacial score (nSPS) is 10.1. The second-order valence-electron chi connectivity index (χ2n) is 3.16. The molecule has 6 heteroatoms. The number of rotatable bonds is 2. The highest BCUT2D eigenvalue weighted by Gasteiger charge is 2.14. The van der Waals surface area contributed by atoms with Crippen molar-refractivity contribution >= 4 is 11.6 Å². The second kappa shape index (κ2) is 4.09. The first kappa shape index (κ1) is 10.3. The average Bonchev–Trinajstić information content (AvgIpc) is 2.68. The molecule has 82 valence electrons. The minimum atomic E-state index is -0.603. The SMILES string of the molecule is Cc1cnoc1C(=O)Nc1ccc(F)nc1. The van der Waals surface area contributed by atoms with Gasteiger partial charge in [-0.05, 0) is 19.1 Å². The van der Waals surface area contributed by atoms with Crippen molar-refractivity contribution in [3.63, 3.8) is 0 Å². The Morgan fingerprint density at radius 1 is 1.44 bits per heavy atom. The summed E-state index contributed by atoms with van der Waals surface area (Å²) in [6.45, 7) is 1.70. The predicted octanol–water partition coefficient (Wildman–Crippen LogP) is 1.77. The molecule has 0 bridgehead atoms. The van der Waals surface area contributed by atoms with Crippen LogP contribution in [0.25, 0.3) is 0 Å². The Bertz CT molecular complexity index is 507. The molecule has 0 saturated heterocycles. The highest BCUT2D eigenvalue weighted by atomic mass is 19.1. The molecule has 0 aliphatic heterocycles. The molecular formula is C10H8FN3O2. The van der Waals surface area contributed by atoms with Crippen molar-refractivity contribution in [1.82, 2.24) is 10.1 Å². The zero-order valence-corrected chi connectivity index (χ0v) is 8.40. The van der Waals surface area contributed by atoms with E-state index in [1.165, 1.54) is 18.5 Å². The number of aryl methyl sites for hydroxylation is 1. The lowest BCUT2D eigenvalue weighted by Gasteiger charge is -2.01. The van der Waals surface area contributed by atoms with Gasteiger partial charge in [-0.15, -0.1) is 0 Å². The summed E-state index contributed by atoms with van der Waals surface area (Å²) in [6.07, 6.45) is 2.66. The van der Waals surface area contributed by atoms with E-state index in [4.69, 9.17) is 4.52 Å². The fourth-order valence-electron chi connectivity index (χ4n) is 1.15. The van der Waals surface area contributed by atoms with Crippen LogP contribution in [0.2, 0.25) is 0 Å². The molecule has 16 heavy (non-hydrogen) atoms. The summed E-state index contributed by atoms with van der Waals surface area (Å²) in [7, 11) is 0. The fourth-order valence-corrected chi connectivity index (χ4v) is 1.15. The minimum Gasteiger partial charge on any atom is -0.351 e. The first-order valence-electron chi connectivity index (χ1n) is 4.51. The minimum absolute atomic E-state index is 0.129. The number of nitrogens with one attached hydrogen (secondary N) is 1. The molecule has 0 fully saturated rings. The number of hydrogen-bond donors (Lipinski definition) is 1. The van der Waals surface area contributed by atoms with Crippen molar-refractivity contribution in [2.24, 2.45) is 0 Å². The molecule has 2 aromatic heterocycles. The molecule has 2 rings (SSSR count). The lowest BCUT2D eigenvalue weighted by atomic mass is 10.3. The van der Waals surface area contributed by atoms with Crippen molar-refractivity contribution in [3.05, 3.63) is 41.8 Å². The molecular weight excluding hydrogens is 213 g/mol. The molecule has 0 spiro atoms. The summed E-state index contributed by atoms with van der Waals surface area (Å²) in [6, 6.07) is 2.56. The maximum absolute atomic E-state index is 12.5. The van der Waals surface area contributed by atoms with Gasteiger partial charge in [-0.25, -0.2) is 4.98 Å². The van der Waals surface area contributed by atoms with Gasteiger partial charge in [-0.1, -0.05) is 5.16 Å². The van der Waals surface area contributed by atoms with Gasteiger partial charge in [-0.3, -0.25) is 4.79 Å². The van der Waals surface area contributed by atoms with Crippen LogP contribution in [-0.2, 0) is 0 Å². The smallest absolute Gasteiger partial charge is 0.294 e. The number of carbonyl (C=O) groups excluding carboxylic acids is 1. The summed E-state index contributed by atoms with van der Waals surface area (Å²) in [5.74, 6) is -0.915. The van der Waals surface area contributed by atoms with Crippen LogP contribution in [0.15, 0.2) is 29.0 Å². The third-order valence-corrected chi connectivity index (χ3v) is 1.94. The molecule has 0 radical (unpaired) electrons. The number of amides is 1. The molecule has 0 aliphatic rings. The van der Waals surface area contributed by atoms with E-state index in [1.807, 2.05) is 0 Å². The first-order valence-corrected chi connectivity index (χ1v) is 4.51. The molecule has 0 atom stereocenters. The molecule has 0 unspecified atom stereocenters. The van der Waals surface area contributed by atoms with E-state index >= 15 is 0 Å². The zero-order valence-electron chi connectivity index (χ0n) is 8.40. The van der Waals surface area contributed by atoms with Crippen LogP contribution in [0.4, 0.5) is 10.1 Å². The lowest BCUT2D eigenvalue weighted by Crippen LogP contribution is -2.12. The van der Waals surface area contributed by atoms with E-state index in [1.54, 1.807) is 6.92 Å². The van der Waals surface area contributed by atoms with E-state index in [9.17, 15) is 9.18 Å². The number of nitrogens with zero attached hydrogens (tertiary/aromatic N) is 2. The van der Waals surface area contributed by atoms with E-state index in [-0.39, 0.29) is 5.76 Å². The van der Waals surface area contributed by atoms with Crippen LogP contribution >= 0.6 is 0 Å². The molecule has 0 aromatic carbocycles. The Hall–Kier alpha value is -2.24. The van der Waals surface area contributed by atoms with E-state index < -0.39 is 11.9 Å². The molecule has 1 N–H and O–H groups in total. The van der Waals surface area contributed by atoms with Gasteiger partial charge in [0.05, 0.1) is 18.1 Å². The van der Waals surface area contributed by atoms with Crippen LogP contribution in [0.3, 0.4) is 0 Å². The van der Waals surface area contributed by atoms with E-state index in [0.29, 0.717) is 11.3 Å². The van der Waals surface area contributed by atoms with Gasteiger partial charge in [0.15, 0.2) is 0 Å². The van der Waals surface area contributed by atoms with Gasteiger partial charge in [-0.2, -0.15) is 4.39 Å². The number of hydrogen-bond acceptors (Lipinski definition) is 4. The zero-order chi connectivity index (χ0) is 11.5. The van der Waals surface area contributed by atoms with Crippen molar-refractivity contribution in [2.45, 2.75) is 6.92 Å². The Balaban J connectivity index is 2.14. The summed E-state index contributed by atoms with van der Waals surface area (Å²) in [5, 5.41) is 6.00. The van der Waals surface area contributed by atoms with Gasteiger partial charge in [0.25, 0.3) is 5.91 Å². The predicted molar refractivity (Wildman–Crippen MR) is 53.4 cm³/mol. The van der Waals surface area contributed by atoms with Crippen LogP contribution in [-0.4, -0.2) is 16.0 Å². The van der Waals surface area contributed by atoms with Crippen LogP contribution in [0, 0.1) is 12.9 Å². The third-order valence-electron chi connectivity index (χ3n) is 1.94. The number of anilines is 1. The van der Waals surface area contributed by atoms with Crippen LogP contribution in [0.5, 0.6) is 0 Å². The van der Waals surface area contributed by atoms with Crippen LogP contribution in [0.1, 0.15) is 16.1 Å². The van der Waals surface area contributed by atoms with E-state index in [2.05, 4.69) is 15.5 Å². The molecule has 1 amide bonds. The van der Waals surface area contributed by atoms with Crippen molar-refractivity contribution < 1.29 is 13.7 Å². The first-order chi connectivity index (χ1) is 7.66. The number of halogens is 1. The summed E-state index contributed by atoms with van der Waals surface area (Å²) >= 11 is 0.